The molecule has 15 heavy (non-hydrogen) atoms. The molecule has 0 aliphatic carbocycles. The molecule has 1 aliphatic heterocycles. The van der Waals surface area contributed by atoms with E-state index >= 15 is 0 Å². The minimum Gasteiger partial charge on any atom is -0.300 e. The third-order valence-electron chi connectivity index (χ3n) is 3.44. The van der Waals surface area contributed by atoms with Crippen molar-refractivity contribution in [3.63, 3.8) is 0 Å². The van der Waals surface area contributed by atoms with E-state index in [1.165, 1.54) is 38.6 Å². The smallest absolute Gasteiger partial charge is 0.131 e. The third-order valence-corrected chi connectivity index (χ3v) is 3.44. The summed E-state index contributed by atoms with van der Waals surface area (Å²) in [5.74, 6) is 0.323. The van der Waals surface area contributed by atoms with Gasteiger partial charge in [0.1, 0.15) is 5.78 Å². The summed E-state index contributed by atoms with van der Waals surface area (Å²) in [6.07, 6.45) is 7.28. The summed E-state index contributed by atoms with van der Waals surface area (Å²) < 4.78 is 0. The van der Waals surface area contributed by atoms with E-state index in [0.29, 0.717) is 11.8 Å². The lowest BCUT2D eigenvalue weighted by Crippen LogP contribution is -2.45. The van der Waals surface area contributed by atoms with E-state index in [0.717, 1.165) is 12.5 Å². The molecular formula is C13H25NO. The van der Waals surface area contributed by atoms with Gasteiger partial charge in [0.2, 0.25) is 0 Å². The zero-order valence-corrected chi connectivity index (χ0v) is 10.5. The van der Waals surface area contributed by atoms with Crippen LogP contribution in [0.25, 0.3) is 0 Å². The predicted octanol–water partition coefficient (Wildman–Crippen LogP) is 3.01. The van der Waals surface area contributed by atoms with Crippen LogP contribution < -0.4 is 0 Å². The molecule has 1 rings (SSSR count). The highest BCUT2D eigenvalue weighted by atomic mass is 16.1. The van der Waals surface area contributed by atoms with Crippen molar-refractivity contribution in [1.82, 2.24) is 4.90 Å². The van der Waals surface area contributed by atoms with Crippen LogP contribution in [0, 0.1) is 0 Å². The molecule has 0 radical (unpaired) electrons. The van der Waals surface area contributed by atoms with Gasteiger partial charge in [0, 0.05) is 18.5 Å². The number of piperidine rings is 1. The number of nitrogens with zero attached hydrogens (tertiary/aromatic N) is 1. The molecule has 1 heterocycles. The van der Waals surface area contributed by atoms with Crippen LogP contribution >= 0.6 is 0 Å². The molecule has 88 valence electrons. The van der Waals surface area contributed by atoms with Gasteiger partial charge in [-0.25, -0.2) is 0 Å². The first-order valence-electron chi connectivity index (χ1n) is 6.40. The second-order valence-electron chi connectivity index (χ2n) is 4.93. The summed E-state index contributed by atoms with van der Waals surface area (Å²) >= 11 is 0. The SMILES string of the molecule is CCCC1CCCCN1C(C)CC(C)=O. The lowest BCUT2D eigenvalue weighted by Gasteiger charge is -2.39. The molecule has 0 bridgehead atoms. The molecule has 2 unspecified atom stereocenters. The fraction of sp³-hybridized carbons (Fsp3) is 0.923. The lowest BCUT2D eigenvalue weighted by molar-refractivity contribution is -0.118. The van der Waals surface area contributed by atoms with Crippen molar-refractivity contribution in [3.05, 3.63) is 0 Å². The Morgan fingerprint density at radius 3 is 2.80 bits per heavy atom. The summed E-state index contributed by atoms with van der Waals surface area (Å²) in [5.41, 5.74) is 0. The van der Waals surface area contributed by atoms with E-state index in [-0.39, 0.29) is 0 Å². The van der Waals surface area contributed by atoms with Gasteiger partial charge in [-0.15, -0.1) is 0 Å². The second-order valence-corrected chi connectivity index (χ2v) is 4.93. The summed E-state index contributed by atoms with van der Waals surface area (Å²) in [6, 6.07) is 1.18. The van der Waals surface area contributed by atoms with E-state index in [4.69, 9.17) is 0 Å². The Balaban J connectivity index is 2.50. The van der Waals surface area contributed by atoms with Crippen molar-refractivity contribution in [2.75, 3.05) is 6.54 Å². The maximum absolute atomic E-state index is 11.1. The first kappa shape index (κ1) is 12.7. The van der Waals surface area contributed by atoms with Gasteiger partial charge in [-0.05, 0) is 39.7 Å². The number of likely N-dealkylation sites (tertiary alicyclic amines) is 1. The van der Waals surface area contributed by atoms with Crippen LogP contribution in [0.1, 0.15) is 59.3 Å². The molecular weight excluding hydrogens is 186 g/mol. The molecule has 1 aliphatic rings. The van der Waals surface area contributed by atoms with Crippen molar-refractivity contribution < 1.29 is 4.79 Å². The van der Waals surface area contributed by atoms with E-state index < -0.39 is 0 Å². The monoisotopic (exact) mass is 211 g/mol. The van der Waals surface area contributed by atoms with E-state index in [1.807, 2.05) is 0 Å². The summed E-state index contributed by atoms with van der Waals surface area (Å²) in [7, 11) is 0. The molecule has 0 N–H and O–H groups in total. The van der Waals surface area contributed by atoms with Gasteiger partial charge in [-0.2, -0.15) is 0 Å². The average molecular weight is 211 g/mol. The number of Topliss-reactive ketones (excluding diaryl/α,β-unsaturated/α-hetero) is 1. The number of rotatable bonds is 5. The van der Waals surface area contributed by atoms with Gasteiger partial charge < -0.3 is 0 Å². The van der Waals surface area contributed by atoms with Crippen LogP contribution in [-0.4, -0.2) is 29.3 Å². The van der Waals surface area contributed by atoms with Gasteiger partial charge in [0.05, 0.1) is 0 Å². The van der Waals surface area contributed by atoms with Gasteiger partial charge in [0.25, 0.3) is 0 Å². The van der Waals surface area contributed by atoms with Gasteiger partial charge >= 0.3 is 0 Å². The van der Waals surface area contributed by atoms with Crippen molar-refractivity contribution in [2.24, 2.45) is 0 Å². The molecule has 0 amide bonds. The number of carbonyl (C=O) groups excluding carboxylic acids is 1. The molecule has 2 atom stereocenters. The Morgan fingerprint density at radius 2 is 2.20 bits per heavy atom. The molecule has 0 aromatic rings. The molecule has 1 saturated heterocycles. The second kappa shape index (κ2) is 6.26. The van der Waals surface area contributed by atoms with E-state index in [1.54, 1.807) is 6.92 Å². The summed E-state index contributed by atoms with van der Waals surface area (Å²) in [6.45, 7) is 7.35. The molecule has 0 aromatic heterocycles. The topological polar surface area (TPSA) is 20.3 Å². The molecule has 0 aromatic carbocycles. The standard InChI is InChI=1S/C13H25NO/c1-4-7-13-8-5-6-9-14(13)11(2)10-12(3)15/h11,13H,4-10H2,1-3H3. The van der Waals surface area contributed by atoms with E-state index in [2.05, 4.69) is 18.7 Å². The Bertz CT molecular complexity index is 201. The number of hydrogen-bond donors (Lipinski definition) is 0. The Kier molecular flexibility index (Phi) is 5.30. The highest BCUT2D eigenvalue weighted by Gasteiger charge is 2.26. The van der Waals surface area contributed by atoms with Crippen LogP contribution in [0.5, 0.6) is 0 Å². The number of hydrogen-bond acceptors (Lipinski definition) is 2. The molecule has 2 nitrogen and oxygen atoms in total. The van der Waals surface area contributed by atoms with Crippen LogP contribution in [-0.2, 0) is 4.79 Å². The van der Waals surface area contributed by atoms with Gasteiger partial charge in [0.15, 0.2) is 0 Å². The average Bonchev–Trinajstić information content (AvgIpc) is 2.18. The number of ketones is 1. The maximum atomic E-state index is 11.1. The Labute approximate surface area is 94.0 Å². The molecule has 0 saturated carbocycles. The minimum absolute atomic E-state index is 0.323. The highest BCUT2D eigenvalue weighted by molar-refractivity contribution is 5.76. The van der Waals surface area contributed by atoms with Crippen LogP contribution in [0.4, 0.5) is 0 Å². The van der Waals surface area contributed by atoms with Crippen LogP contribution in [0.2, 0.25) is 0 Å². The normalized spacial score (nSPS) is 25.1. The molecule has 2 heteroatoms. The van der Waals surface area contributed by atoms with Crippen molar-refractivity contribution >= 4 is 5.78 Å². The third kappa shape index (κ3) is 3.94. The van der Waals surface area contributed by atoms with Crippen LogP contribution in [0.3, 0.4) is 0 Å². The highest BCUT2D eigenvalue weighted by Crippen LogP contribution is 2.24. The summed E-state index contributed by atoms with van der Waals surface area (Å²) in [5, 5.41) is 0. The zero-order chi connectivity index (χ0) is 11.3. The van der Waals surface area contributed by atoms with Crippen LogP contribution in [0.15, 0.2) is 0 Å². The van der Waals surface area contributed by atoms with Crippen molar-refractivity contribution in [3.8, 4) is 0 Å². The fourth-order valence-electron chi connectivity index (χ4n) is 2.78. The van der Waals surface area contributed by atoms with E-state index in [9.17, 15) is 4.79 Å². The first-order chi connectivity index (χ1) is 7.15. The largest absolute Gasteiger partial charge is 0.300 e. The fourth-order valence-corrected chi connectivity index (χ4v) is 2.78. The number of carbonyl (C=O) groups is 1. The summed E-state index contributed by atoms with van der Waals surface area (Å²) in [4.78, 5) is 13.7. The lowest BCUT2D eigenvalue weighted by atomic mass is 9.95. The zero-order valence-electron chi connectivity index (χ0n) is 10.5. The predicted molar refractivity (Wildman–Crippen MR) is 64.0 cm³/mol. The van der Waals surface area contributed by atoms with Crippen molar-refractivity contribution in [1.29, 1.82) is 0 Å². The Hall–Kier alpha value is -0.370. The minimum atomic E-state index is 0.323. The Morgan fingerprint density at radius 1 is 1.47 bits per heavy atom. The maximum Gasteiger partial charge on any atom is 0.131 e. The first-order valence-corrected chi connectivity index (χ1v) is 6.40. The molecule has 0 spiro atoms. The van der Waals surface area contributed by atoms with Gasteiger partial charge in [-0.3, -0.25) is 9.69 Å². The quantitative estimate of drug-likeness (QED) is 0.696. The van der Waals surface area contributed by atoms with Gasteiger partial charge in [-0.1, -0.05) is 19.8 Å². The molecule has 1 fully saturated rings. The van der Waals surface area contributed by atoms with Crippen molar-refractivity contribution in [2.45, 2.75) is 71.4 Å².